The third-order valence-electron chi connectivity index (χ3n) is 4.13. The highest BCUT2D eigenvalue weighted by molar-refractivity contribution is 5.96. The maximum atomic E-state index is 12.2. The van der Waals surface area contributed by atoms with E-state index in [0.29, 0.717) is 23.5 Å². The summed E-state index contributed by atoms with van der Waals surface area (Å²) in [6, 6.07) is 24.1. The first-order chi connectivity index (χ1) is 13.7. The number of amides is 1. The normalized spacial score (nSPS) is 10.4. The van der Waals surface area contributed by atoms with Gasteiger partial charge in [-0.1, -0.05) is 42.5 Å². The number of rotatable bonds is 6. The smallest absolute Gasteiger partial charge is 0.271 e. The van der Waals surface area contributed by atoms with Gasteiger partial charge in [-0.2, -0.15) is 10.4 Å². The van der Waals surface area contributed by atoms with Crippen LogP contribution < -0.4 is 10.2 Å². The number of nitrogens with zero attached hydrogens (tertiary/aromatic N) is 2. The molecule has 0 aromatic heterocycles. The minimum atomic E-state index is -0.263. The molecule has 3 aromatic carbocycles. The van der Waals surface area contributed by atoms with Crippen molar-refractivity contribution in [2.24, 2.45) is 5.10 Å². The molecular weight excluding hydrogens is 350 g/mol. The van der Waals surface area contributed by atoms with Crippen LogP contribution >= 0.6 is 0 Å². The first-order valence-corrected chi connectivity index (χ1v) is 8.77. The minimum absolute atomic E-state index is 0.263. The summed E-state index contributed by atoms with van der Waals surface area (Å²) in [5, 5.41) is 13.0. The Morgan fingerprint density at radius 2 is 1.89 bits per heavy atom. The summed E-state index contributed by atoms with van der Waals surface area (Å²) in [4.78, 5) is 12.2. The van der Waals surface area contributed by atoms with E-state index in [4.69, 9.17) is 10.00 Å². The second-order valence-electron chi connectivity index (χ2n) is 6.15. The zero-order valence-corrected chi connectivity index (χ0v) is 15.4. The SMILES string of the molecule is Cc1ccccc1C(=O)N/N=C\c1ccccc1OCc1cccc(C#N)c1. The third kappa shape index (κ3) is 4.83. The van der Waals surface area contributed by atoms with Gasteiger partial charge in [-0.3, -0.25) is 4.79 Å². The first-order valence-electron chi connectivity index (χ1n) is 8.77. The van der Waals surface area contributed by atoms with Crippen molar-refractivity contribution >= 4 is 12.1 Å². The van der Waals surface area contributed by atoms with E-state index < -0.39 is 0 Å². The molecule has 0 radical (unpaired) electrons. The van der Waals surface area contributed by atoms with Crippen LogP contribution in [0, 0.1) is 18.3 Å². The predicted molar refractivity (Wildman–Crippen MR) is 108 cm³/mol. The molecule has 0 aliphatic rings. The highest BCUT2D eigenvalue weighted by Gasteiger charge is 2.07. The number of hydrogen-bond donors (Lipinski definition) is 1. The summed E-state index contributed by atoms with van der Waals surface area (Å²) in [6.07, 6.45) is 1.55. The fraction of sp³-hybridized carbons (Fsp3) is 0.0870. The molecule has 138 valence electrons. The van der Waals surface area contributed by atoms with Gasteiger partial charge in [0.05, 0.1) is 17.8 Å². The van der Waals surface area contributed by atoms with Crippen LogP contribution in [0.25, 0.3) is 0 Å². The van der Waals surface area contributed by atoms with Crippen LogP contribution in [-0.2, 0) is 6.61 Å². The highest BCUT2D eigenvalue weighted by Crippen LogP contribution is 2.18. The second kappa shape index (κ2) is 9.15. The lowest BCUT2D eigenvalue weighted by Gasteiger charge is -2.09. The van der Waals surface area contributed by atoms with Crippen molar-refractivity contribution in [2.45, 2.75) is 13.5 Å². The van der Waals surface area contributed by atoms with Gasteiger partial charge in [-0.15, -0.1) is 0 Å². The zero-order chi connectivity index (χ0) is 19.8. The molecule has 0 saturated carbocycles. The van der Waals surface area contributed by atoms with Crippen LogP contribution in [-0.4, -0.2) is 12.1 Å². The molecule has 3 rings (SSSR count). The predicted octanol–water partition coefficient (Wildman–Crippen LogP) is 4.21. The summed E-state index contributed by atoms with van der Waals surface area (Å²) in [5.41, 5.74) is 6.25. The molecule has 3 aromatic rings. The molecule has 0 spiro atoms. The summed E-state index contributed by atoms with van der Waals surface area (Å²) >= 11 is 0. The minimum Gasteiger partial charge on any atom is -0.488 e. The zero-order valence-electron chi connectivity index (χ0n) is 15.4. The molecular formula is C23H19N3O2. The van der Waals surface area contributed by atoms with E-state index in [0.717, 1.165) is 16.7 Å². The van der Waals surface area contributed by atoms with Gasteiger partial charge in [0, 0.05) is 11.1 Å². The van der Waals surface area contributed by atoms with Gasteiger partial charge < -0.3 is 4.74 Å². The Morgan fingerprint density at radius 3 is 2.71 bits per heavy atom. The van der Waals surface area contributed by atoms with Gasteiger partial charge in [0.15, 0.2) is 0 Å². The molecule has 0 fully saturated rings. The lowest BCUT2D eigenvalue weighted by molar-refractivity contribution is 0.0954. The number of benzene rings is 3. The van der Waals surface area contributed by atoms with Crippen molar-refractivity contribution in [3.8, 4) is 11.8 Å². The van der Waals surface area contributed by atoms with Crippen molar-refractivity contribution in [2.75, 3.05) is 0 Å². The van der Waals surface area contributed by atoms with Gasteiger partial charge in [0.25, 0.3) is 5.91 Å². The number of aryl methyl sites for hydroxylation is 1. The fourth-order valence-corrected chi connectivity index (χ4v) is 2.66. The Balaban J connectivity index is 1.66. The summed E-state index contributed by atoms with van der Waals surface area (Å²) in [6.45, 7) is 2.21. The third-order valence-corrected chi connectivity index (χ3v) is 4.13. The van der Waals surface area contributed by atoms with E-state index in [1.807, 2.05) is 61.5 Å². The van der Waals surface area contributed by atoms with Gasteiger partial charge in [-0.25, -0.2) is 5.43 Å². The van der Waals surface area contributed by atoms with Gasteiger partial charge in [-0.05, 0) is 48.4 Å². The molecule has 0 aliphatic carbocycles. The molecule has 0 aliphatic heterocycles. The van der Waals surface area contributed by atoms with Crippen LogP contribution in [0.1, 0.15) is 32.6 Å². The van der Waals surface area contributed by atoms with E-state index in [-0.39, 0.29) is 5.91 Å². The maximum absolute atomic E-state index is 12.2. The van der Waals surface area contributed by atoms with Crippen LogP contribution in [0.2, 0.25) is 0 Å². The molecule has 0 atom stereocenters. The van der Waals surface area contributed by atoms with E-state index in [1.54, 1.807) is 24.4 Å². The van der Waals surface area contributed by atoms with Gasteiger partial charge >= 0.3 is 0 Å². The largest absolute Gasteiger partial charge is 0.488 e. The number of nitrogens with one attached hydrogen (secondary N) is 1. The van der Waals surface area contributed by atoms with Crippen molar-refractivity contribution < 1.29 is 9.53 Å². The molecule has 28 heavy (non-hydrogen) atoms. The molecule has 1 N–H and O–H groups in total. The van der Waals surface area contributed by atoms with Crippen LogP contribution in [0.3, 0.4) is 0 Å². The Morgan fingerprint density at radius 1 is 1.11 bits per heavy atom. The van der Waals surface area contributed by atoms with Crippen LogP contribution in [0.15, 0.2) is 77.9 Å². The van der Waals surface area contributed by atoms with E-state index >= 15 is 0 Å². The van der Waals surface area contributed by atoms with Gasteiger partial charge in [0.2, 0.25) is 0 Å². The van der Waals surface area contributed by atoms with Crippen molar-refractivity contribution in [3.05, 3.63) is 101 Å². The number of hydrogen-bond acceptors (Lipinski definition) is 4. The first kappa shape index (κ1) is 18.9. The fourth-order valence-electron chi connectivity index (χ4n) is 2.66. The van der Waals surface area contributed by atoms with E-state index in [1.165, 1.54) is 0 Å². The Kier molecular flexibility index (Phi) is 6.17. The van der Waals surface area contributed by atoms with E-state index in [2.05, 4.69) is 16.6 Å². The number of carbonyl (C=O) groups is 1. The number of carbonyl (C=O) groups excluding carboxylic acids is 1. The Labute approximate surface area is 163 Å². The molecule has 1 amide bonds. The number of nitriles is 1. The molecule has 0 heterocycles. The van der Waals surface area contributed by atoms with Gasteiger partial charge in [0.1, 0.15) is 12.4 Å². The average molecular weight is 369 g/mol. The van der Waals surface area contributed by atoms with E-state index in [9.17, 15) is 4.79 Å². The molecule has 0 bridgehead atoms. The average Bonchev–Trinajstić information content (AvgIpc) is 2.73. The maximum Gasteiger partial charge on any atom is 0.271 e. The monoisotopic (exact) mass is 369 g/mol. The topological polar surface area (TPSA) is 74.5 Å². The van der Waals surface area contributed by atoms with Crippen molar-refractivity contribution in [1.82, 2.24) is 5.43 Å². The molecule has 5 nitrogen and oxygen atoms in total. The lowest BCUT2D eigenvalue weighted by Crippen LogP contribution is -2.18. The van der Waals surface area contributed by atoms with Crippen molar-refractivity contribution in [1.29, 1.82) is 5.26 Å². The Bertz CT molecular complexity index is 1050. The summed E-state index contributed by atoms with van der Waals surface area (Å²) < 4.78 is 5.87. The number of ether oxygens (including phenoxy) is 1. The molecule has 5 heteroatoms. The van der Waals surface area contributed by atoms with Crippen LogP contribution in [0.5, 0.6) is 5.75 Å². The Hall–Kier alpha value is -3.91. The highest BCUT2D eigenvalue weighted by atomic mass is 16.5. The number of para-hydroxylation sites is 1. The summed E-state index contributed by atoms with van der Waals surface area (Å²) in [7, 11) is 0. The standard InChI is InChI=1S/C23H19N3O2/c1-17-7-2-4-11-21(17)23(27)26-25-15-20-10-3-5-12-22(20)28-16-19-9-6-8-18(13-19)14-24/h2-13,15H,16H2,1H3,(H,26,27)/b25-15-. The second-order valence-corrected chi connectivity index (χ2v) is 6.15. The number of hydrazone groups is 1. The molecule has 0 saturated heterocycles. The van der Waals surface area contributed by atoms with Crippen molar-refractivity contribution in [3.63, 3.8) is 0 Å². The quantitative estimate of drug-likeness (QED) is 0.522. The van der Waals surface area contributed by atoms with Crippen LogP contribution in [0.4, 0.5) is 0 Å². The lowest BCUT2D eigenvalue weighted by atomic mass is 10.1. The summed E-state index contributed by atoms with van der Waals surface area (Å²) in [5.74, 6) is 0.375. The molecule has 0 unspecified atom stereocenters.